The lowest BCUT2D eigenvalue weighted by molar-refractivity contribution is -0.147. The lowest BCUT2D eigenvalue weighted by Gasteiger charge is -2.16. The number of nitrogens with two attached hydrogens (primary N) is 1. The molecule has 2 N–H and O–H groups in total. The van der Waals surface area contributed by atoms with E-state index in [-0.39, 0.29) is 11.3 Å². The van der Waals surface area contributed by atoms with Crippen molar-refractivity contribution in [3.8, 4) is 0 Å². The minimum Gasteiger partial charge on any atom is -0.366 e. The average Bonchev–Trinajstić information content (AvgIpc) is 2.15. The number of rotatable bonds is 2. The summed E-state index contributed by atoms with van der Waals surface area (Å²) >= 11 is 0. The monoisotopic (exact) mass is 218 g/mol. The first kappa shape index (κ1) is 11.5. The normalized spacial score (nSPS) is 13.6. The van der Waals surface area contributed by atoms with E-state index in [9.17, 15) is 18.0 Å². The SMILES string of the molecule is C[C@H](c1ncccc1C(N)=O)C(F)(F)F. The molecule has 6 heteroatoms. The summed E-state index contributed by atoms with van der Waals surface area (Å²) in [5.41, 5.74) is 4.42. The van der Waals surface area contributed by atoms with E-state index in [2.05, 4.69) is 4.98 Å². The highest BCUT2D eigenvalue weighted by Crippen LogP contribution is 2.34. The second-order valence-electron chi connectivity index (χ2n) is 3.06. The predicted octanol–water partition coefficient (Wildman–Crippen LogP) is 1.85. The van der Waals surface area contributed by atoms with E-state index in [1.807, 2.05) is 0 Å². The van der Waals surface area contributed by atoms with Crippen LogP contribution in [0.1, 0.15) is 28.9 Å². The van der Waals surface area contributed by atoms with Gasteiger partial charge in [-0.2, -0.15) is 13.2 Å². The van der Waals surface area contributed by atoms with Gasteiger partial charge in [0, 0.05) is 6.20 Å². The van der Waals surface area contributed by atoms with Crippen LogP contribution in [0.25, 0.3) is 0 Å². The molecule has 0 saturated carbocycles. The summed E-state index contributed by atoms with van der Waals surface area (Å²) in [4.78, 5) is 14.4. The Morgan fingerprint density at radius 3 is 2.60 bits per heavy atom. The number of hydrogen-bond donors (Lipinski definition) is 1. The molecule has 0 unspecified atom stereocenters. The molecule has 1 heterocycles. The van der Waals surface area contributed by atoms with Gasteiger partial charge >= 0.3 is 6.18 Å². The highest BCUT2D eigenvalue weighted by molar-refractivity contribution is 5.94. The number of halogens is 3. The van der Waals surface area contributed by atoms with Crippen molar-refractivity contribution < 1.29 is 18.0 Å². The van der Waals surface area contributed by atoms with Crippen LogP contribution in [0.3, 0.4) is 0 Å². The summed E-state index contributed by atoms with van der Waals surface area (Å²) in [7, 11) is 0. The number of alkyl halides is 3. The van der Waals surface area contributed by atoms with Crippen molar-refractivity contribution in [3.05, 3.63) is 29.6 Å². The van der Waals surface area contributed by atoms with Crippen molar-refractivity contribution in [1.82, 2.24) is 4.98 Å². The molecule has 1 aromatic heterocycles. The van der Waals surface area contributed by atoms with E-state index >= 15 is 0 Å². The van der Waals surface area contributed by atoms with Crippen molar-refractivity contribution in [2.24, 2.45) is 5.73 Å². The van der Waals surface area contributed by atoms with E-state index in [4.69, 9.17) is 5.73 Å². The summed E-state index contributed by atoms with van der Waals surface area (Å²) in [5.74, 6) is -2.71. The maximum absolute atomic E-state index is 12.4. The number of pyridine rings is 1. The van der Waals surface area contributed by atoms with Crippen LogP contribution in [-0.4, -0.2) is 17.1 Å². The predicted molar refractivity (Wildman–Crippen MR) is 47.2 cm³/mol. The second-order valence-corrected chi connectivity index (χ2v) is 3.06. The van der Waals surface area contributed by atoms with Crippen LogP contribution < -0.4 is 5.73 Å². The molecule has 0 bridgehead atoms. The summed E-state index contributed by atoms with van der Waals surface area (Å²) in [6, 6.07) is 2.60. The number of primary amides is 1. The number of carbonyl (C=O) groups excluding carboxylic acids is 1. The standard InChI is InChI=1S/C9H9F3N2O/c1-5(9(10,11)12)7-6(8(13)15)3-2-4-14-7/h2-5H,1H3,(H2,13,15)/t5-/m1/s1. The first-order valence-electron chi connectivity index (χ1n) is 4.15. The van der Waals surface area contributed by atoms with Gasteiger partial charge in [0.05, 0.1) is 17.2 Å². The molecule has 15 heavy (non-hydrogen) atoms. The maximum Gasteiger partial charge on any atom is 0.397 e. The molecule has 0 radical (unpaired) electrons. The fourth-order valence-corrected chi connectivity index (χ4v) is 1.13. The summed E-state index contributed by atoms with van der Waals surface area (Å²) in [5, 5.41) is 0. The van der Waals surface area contributed by atoms with E-state index in [1.54, 1.807) is 0 Å². The Morgan fingerprint density at radius 2 is 2.13 bits per heavy atom. The third-order valence-electron chi connectivity index (χ3n) is 2.01. The molecular formula is C9H9F3N2O. The van der Waals surface area contributed by atoms with Crippen LogP contribution in [0.2, 0.25) is 0 Å². The topological polar surface area (TPSA) is 56.0 Å². The average molecular weight is 218 g/mol. The van der Waals surface area contributed by atoms with Crippen molar-refractivity contribution in [1.29, 1.82) is 0 Å². The molecule has 1 rings (SSSR count). The molecule has 1 atom stereocenters. The van der Waals surface area contributed by atoms with Gasteiger partial charge in [-0.05, 0) is 19.1 Å². The quantitative estimate of drug-likeness (QED) is 0.823. The van der Waals surface area contributed by atoms with Crippen LogP contribution in [0.5, 0.6) is 0 Å². The van der Waals surface area contributed by atoms with Crippen LogP contribution >= 0.6 is 0 Å². The van der Waals surface area contributed by atoms with Gasteiger partial charge in [0.15, 0.2) is 0 Å². The molecule has 0 aliphatic heterocycles. The molecule has 0 fully saturated rings. The summed E-state index contributed by atoms with van der Waals surface area (Å²) in [6.45, 7) is 0.939. The number of hydrogen-bond acceptors (Lipinski definition) is 2. The van der Waals surface area contributed by atoms with Crippen molar-refractivity contribution in [3.63, 3.8) is 0 Å². The zero-order valence-electron chi connectivity index (χ0n) is 7.88. The minimum atomic E-state index is -4.43. The van der Waals surface area contributed by atoms with Gasteiger partial charge in [0.2, 0.25) is 0 Å². The molecule has 0 spiro atoms. The summed E-state index contributed by atoms with van der Waals surface area (Å²) in [6.07, 6.45) is -3.23. The van der Waals surface area contributed by atoms with Crippen molar-refractivity contribution in [2.45, 2.75) is 19.0 Å². The fourth-order valence-electron chi connectivity index (χ4n) is 1.13. The molecule has 0 aliphatic carbocycles. The van der Waals surface area contributed by atoms with Gasteiger partial charge in [-0.1, -0.05) is 0 Å². The zero-order valence-corrected chi connectivity index (χ0v) is 7.88. The molecule has 3 nitrogen and oxygen atoms in total. The van der Waals surface area contributed by atoms with Gasteiger partial charge in [-0.25, -0.2) is 0 Å². The first-order valence-corrected chi connectivity index (χ1v) is 4.15. The van der Waals surface area contributed by atoms with Crippen LogP contribution in [0.4, 0.5) is 13.2 Å². The van der Waals surface area contributed by atoms with Gasteiger partial charge in [0.25, 0.3) is 5.91 Å². The highest BCUT2D eigenvalue weighted by Gasteiger charge is 2.39. The van der Waals surface area contributed by atoms with Gasteiger partial charge in [0.1, 0.15) is 0 Å². The van der Waals surface area contributed by atoms with Crippen molar-refractivity contribution in [2.75, 3.05) is 0 Å². The first-order chi connectivity index (χ1) is 6.84. The lowest BCUT2D eigenvalue weighted by Crippen LogP contribution is -2.23. The number of amides is 1. The van der Waals surface area contributed by atoms with E-state index in [1.165, 1.54) is 18.3 Å². The van der Waals surface area contributed by atoms with Gasteiger partial charge < -0.3 is 5.73 Å². The van der Waals surface area contributed by atoms with E-state index in [0.717, 1.165) is 6.92 Å². The Bertz CT molecular complexity index is 376. The Labute approximate surface area is 84.1 Å². The largest absolute Gasteiger partial charge is 0.397 e. The fraction of sp³-hybridized carbons (Fsp3) is 0.333. The van der Waals surface area contributed by atoms with Crippen LogP contribution in [0, 0.1) is 0 Å². The smallest absolute Gasteiger partial charge is 0.366 e. The molecule has 0 aliphatic rings. The third-order valence-corrected chi connectivity index (χ3v) is 2.01. The molecule has 1 aromatic rings. The number of nitrogens with zero attached hydrogens (tertiary/aromatic N) is 1. The van der Waals surface area contributed by atoms with E-state index in [0.29, 0.717) is 0 Å². The minimum absolute atomic E-state index is 0.192. The molecule has 1 amide bonds. The molecule has 82 valence electrons. The van der Waals surface area contributed by atoms with E-state index < -0.39 is 18.0 Å². The Balaban J connectivity index is 3.19. The summed E-state index contributed by atoms with van der Waals surface area (Å²) < 4.78 is 37.2. The van der Waals surface area contributed by atoms with Crippen molar-refractivity contribution >= 4 is 5.91 Å². The van der Waals surface area contributed by atoms with Crippen LogP contribution in [0.15, 0.2) is 18.3 Å². The number of aromatic nitrogens is 1. The van der Waals surface area contributed by atoms with Gasteiger partial charge in [-0.3, -0.25) is 9.78 Å². The number of carbonyl (C=O) groups is 1. The highest BCUT2D eigenvalue weighted by atomic mass is 19.4. The Morgan fingerprint density at radius 1 is 1.53 bits per heavy atom. The Kier molecular flexibility index (Phi) is 2.97. The maximum atomic E-state index is 12.4. The lowest BCUT2D eigenvalue weighted by atomic mass is 10.0. The zero-order chi connectivity index (χ0) is 11.6. The molecular weight excluding hydrogens is 209 g/mol. The van der Waals surface area contributed by atoms with Gasteiger partial charge in [-0.15, -0.1) is 0 Å². The molecule has 0 aromatic carbocycles. The second kappa shape index (κ2) is 3.88. The van der Waals surface area contributed by atoms with Crippen LogP contribution in [-0.2, 0) is 0 Å². The Hall–Kier alpha value is -1.59. The molecule has 0 saturated heterocycles. The third kappa shape index (κ3) is 2.45.